The number of amides is 3. The van der Waals surface area contributed by atoms with E-state index < -0.39 is 0 Å². The summed E-state index contributed by atoms with van der Waals surface area (Å²) in [6, 6.07) is 17.0. The predicted octanol–water partition coefficient (Wildman–Crippen LogP) is 3.91. The highest BCUT2D eigenvalue weighted by Gasteiger charge is 2.23. The van der Waals surface area contributed by atoms with E-state index in [9.17, 15) is 14.4 Å². The fourth-order valence-corrected chi connectivity index (χ4v) is 5.26. The molecular weight excluding hydrogens is 494 g/mol. The molecule has 9 heteroatoms. The maximum Gasteiger partial charge on any atom is 0.291 e. The Morgan fingerprint density at radius 2 is 1.54 bits per heavy atom. The summed E-state index contributed by atoms with van der Waals surface area (Å²) in [7, 11) is 0. The molecule has 39 heavy (non-hydrogen) atoms. The fourth-order valence-electron chi connectivity index (χ4n) is 5.26. The number of carbonyl (C=O) groups excluding carboxylic acids is 3. The van der Waals surface area contributed by atoms with Gasteiger partial charge < -0.3 is 29.8 Å². The number of nitrogens with zero attached hydrogens (tertiary/aromatic N) is 3. The van der Waals surface area contributed by atoms with Crippen molar-refractivity contribution in [3.63, 3.8) is 0 Å². The minimum Gasteiger partial charge on any atom is -0.459 e. The Morgan fingerprint density at radius 1 is 0.821 bits per heavy atom. The molecular formula is C30H35N5O4. The Labute approximate surface area is 228 Å². The molecule has 2 N–H and O–H groups in total. The van der Waals surface area contributed by atoms with Crippen LogP contribution in [0.25, 0.3) is 0 Å². The van der Waals surface area contributed by atoms with Crippen molar-refractivity contribution >= 4 is 34.8 Å². The Morgan fingerprint density at radius 3 is 2.23 bits per heavy atom. The van der Waals surface area contributed by atoms with E-state index in [0.29, 0.717) is 11.3 Å². The minimum atomic E-state index is -0.381. The van der Waals surface area contributed by atoms with Crippen LogP contribution in [0.4, 0.5) is 17.1 Å². The van der Waals surface area contributed by atoms with Crippen LogP contribution < -0.4 is 20.4 Å². The van der Waals surface area contributed by atoms with Crippen LogP contribution in [0.2, 0.25) is 0 Å². The van der Waals surface area contributed by atoms with Gasteiger partial charge in [0.05, 0.1) is 17.6 Å². The summed E-state index contributed by atoms with van der Waals surface area (Å²) < 4.78 is 5.27. The van der Waals surface area contributed by atoms with Gasteiger partial charge in [-0.1, -0.05) is 18.2 Å². The first-order chi connectivity index (χ1) is 19.0. The van der Waals surface area contributed by atoms with Crippen molar-refractivity contribution in [2.24, 2.45) is 0 Å². The lowest BCUT2D eigenvalue weighted by atomic mass is 10.1. The van der Waals surface area contributed by atoms with Gasteiger partial charge in [-0.15, -0.1) is 0 Å². The van der Waals surface area contributed by atoms with Crippen molar-refractivity contribution in [2.75, 3.05) is 60.9 Å². The van der Waals surface area contributed by atoms with Crippen LogP contribution in [0, 0.1) is 6.92 Å². The molecule has 0 unspecified atom stereocenters. The first kappa shape index (κ1) is 26.3. The van der Waals surface area contributed by atoms with E-state index in [-0.39, 0.29) is 36.4 Å². The molecule has 1 aromatic heterocycles. The summed E-state index contributed by atoms with van der Waals surface area (Å²) >= 11 is 0. The third-order valence-electron chi connectivity index (χ3n) is 7.41. The molecule has 3 amide bonds. The lowest BCUT2D eigenvalue weighted by molar-refractivity contribution is -0.129. The maximum absolute atomic E-state index is 12.9. The number of para-hydroxylation sites is 1. The molecule has 0 radical (unpaired) electrons. The largest absolute Gasteiger partial charge is 0.459 e. The predicted molar refractivity (Wildman–Crippen MR) is 151 cm³/mol. The number of carbonyl (C=O) groups is 3. The van der Waals surface area contributed by atoms with Crippen molar-refractivity contribution in [1.82, 2.24) is 10.2 Å². The number of piperazine rings is 1. The molecule has 0 atom stereocenters. The first-order valence-corrected chi connectivity index (χ1v) is 13.6. The number of anilines is 3. The summed E-state index contributed by atoms with van der Waals surface area (Å²) in [4.78, 5) is 44.6. The molecule has 2 fully saturated rings. The standard InChI is InChI=1S/C30H35N5O4/c1-22-7-2-3-8-25(22)33-16-18-34(19-17-33)26-11-10-23(21-24(26)32-30(38)27-9-6-20-39-27)29(37)31-13-12-28(36)35-14-4-5-15-35/h2-3,6-11,20-21H,4-5,12-19H2,1H3,(H,31,37)(H,32,38). The van der Waals surface area contributed by atoms with E-state index in [1.165, 1.54) is 17.5 Å². The van der Waals surface area contributed by atoms with Crippen LogP contribution in [0.15, 0.2) is 65.3 Å². The Bertz CT molecular complexity index is 1310. The number of likely N-dealkylation sites (tertiary alicyclic amines) is 1. The number of benzene rings is 2. The van der Waals surface area contributed by atoms with Crippen molar-refractivity contribution in [2.45, 2.75) is 26.2 Å². The second-order valence-electron chi connectivity index (χ2n) is 10.0. The second kappa shape index (κ2) is 12.1. The SMILES string of the molecule is Cc1ccccc1N1CCN(c2ccc(C(=O)NCCC(=O)N3CCCC3)cc2NC(=O)c2ccco2)CC1. The Kier molecular flexibility index (Phi) is 8.15. The van der Waals surface area contributed by atoms with E-state index in [1.54, 1.807) is 24.3 Å². The van der Waals surface area contributed by atoms with Gasteiger partial charge in [-0.3, -0.25) is 14.4 Å². The van der Waals surface area contributed by atoms with Gasteiger partial charge >= 0.3 is 0 Å². The Hall–Kier alpha value is -4.27. The summed E-state index contributed by atoms with van der Waals surface area (Å²) in [5.74, 6) is -0.401. The highest BCUT2D eigenvalue weighted by atomic mass is 16.3. The van der Waals surface area contributed by atoms with Gasteiger partial charge in [0.15, 0.2) is 5.76 Å². The van der Waals surface area contributed by atoms with Crippen LogP contribution in [0.3, 0.4) is 0 Å². The van der Waals surface area contributed by atoms with E-state index >= 15 is 0 Å². The van der Waals surface area contributed by atoms with Crippen LogP contribution >= 0.6 is 0 Å². The van der Waals surface area contributed by atoms with Crippen molar-refractivity contribution in [3.05, 3.63) is 77.7 Å². The number of hydrogen-bond donors (Lipinski definition) is 2. The third kappa shape index (κ3) is 6.25. The third-order valence-corrected chi connectivity index (χ3v) is 7.41. The van der Waals surface area contributed by atoms with Crippen LogP contribution in [0.5, 0.6) is 0 Å². The van der Waals surface area contributed by atoms with Crippen molar-refractivity contribution in [1.29, 1.82) is 0 Å². The highest BCUT2D eigenvalue weighted by molar-refractivity contribution is 6.05. The summed E-state index contributed by atoms with van der Waals surface area (Å²) in [5, 5.41) is 5.79. The van der Waals surface area contributed by atoms with E-state index in [0.717, 1.165) is 57.8 Å². The van der Waals surface area contributed by atoms with Gasteiger partial charge in [0, 0.05) is 63.5 Å². The lowest BCUT2D eigenvalue weighted by Crippen LogP contribution is -2.47. The first-order valence-electron chi connectivity index (χ1n) is 13.6. The highest BCUT2D eigenvalue weighted by Crippen LogP contribution is 2.30. The lowest BCUT2D eigenvalue weighted by Gasteiger charge is -2.38. The van der Waals surface area contributed by atoms with E-state index in [1.807, 2.05) is 17.0 Å². The van der Waals surface area contributed by atoms with Gasteiger partial charge in [0.1, 0.15) is 0 Å². The molecule has 0 spiro atoms. The number of rotatable bonds is 8. The number of hydrogen-bond acceptors (Lipinski definition) is 6. The topological polar surface area (TPSA) is 98.1 Å². The van der Waals surface area contributed by atoms with E-state index in [2.05, 4.69) is 45.6 Å². The molecule has 0 saturated carbocycles. The molecule has 0 aliphatic carbocycles. The maximum atomic E-state index is 12.9. The molecule has 2 aliphatic heterocycles. The molecule has 3 heterocycles. The van der Waals surface area contributed by atoms with Gasteiger partial charge in [0.2, 0.25) is 5.91 Å². The molecule has 2 aliphatic rings. The number of furan rings is 1. The van der Waals surface area contributed by atoms with Crippen molar-refractivity contribution in [3.8, 4) is 0 Å². The summed E-state index contributed by atoms with van der Waals surface area (Å²) in [5.41, 5.74) is 4.29. The zero-order chi connectivity index (χ0) is 27.2. The molecule has 9 nitrogen and oxygen atoms in total. The monoisotopic (exact) mass is 529 g/mol. The molecule has 204 valence electrons. The molecule has 5 rings (SSSR count). The fraction of sp³-hybridized carbons (Fsp3) is 0.367. The van der Waals surface area contributed by atoms with Gasteiger partial charge in [-0.05, 0) is 61.7 Å². The summed E-state index contributed by atoms with van der Waals surface area (Å²) in [6.45, 7) is 7.19. The second-order valence-corrected chi connectivity index (χ2v) is 10.0. The quantitative estimate of drug-likeness (QED) is 0.459. The zero-order valence-corrected chi connectivity index (χ0v) is 22.3. The molecule has 3 aromatic rings. The molecule has 2 saturated heterocycles. The smallest absolute Gasteiger partial charge is 0.291 e. The van der Waals surface area contributed by atoms with Crippen LogP contribution in [-0.2, 0) is 4.79 Å². The van der Waals surface area contributed by atoms with Gasteiger partial charge in [-0.25, -0.2) is 0 Å². The number of nitrogens with one attached hydrogen (secondary N) is 2. The Balaban J connectivity index is 1.28. The minimum absolute atomic E-state index is 0.0689. The van der Waals surface area contributed by atoms with Gasteiger partial charge in [-0.2, -0.15) is 0 Å². The average molecular weight is 530 g/mol. The van der Waals surface area contributed by atoms with Crippen LogP contribution in [0.1, 0.15) is 45.7 Å². The van der Waals surface area contributed by atoms with Gasteiger partial charge in [0.25, 0.3) is 11.8 Å². The number of aryl methyl sites for hydroxylation is 1. The van der Waals surface area contributed by atoms with E-state index in [4.69, 9.17) is 4.42 Å². The average Bonchev–Trinajstić information content (AvgIpc) is 3.69. The molecule has 2 aromatic carbocycles. The van der Waals surface area contributed by atoms with Crippen molar-refractivity contribution < 1.29 is 18.8 Å². The molecule has 0 bridgehead atoms. The summed E-state index contributed by atoms with van der Waals surface area (Å²) in [6.07, 6.45) is 3.81. The zero-order valence-electron chi connectivity index (χ0n) is 22.3. The normalized spacial score (nSPS) is 15.4. The van der Waals surface area contributed by atoms with Crippen LogP contribution in [-0.4, -0.2) is 68.4 Å².